The Morgan fingerprint density at radius 3 is 2.12 bits per heavy atom. The van der Waals surface area contributed by atoms with Gasteiger partial charge in [-0.1, -0.05) is 53.0 Å². The van der Waals surface area contributed by atoms with E-state index in [1.165, 1.54) is 24.3 Å². The van der Waals surface area contributed by atoms with Crippen LogP contribution in [0.25, 0.3) is 0 Å². The smallest absolute Gasteiger partial charge is 0.243 e. The lowest BCUT2D eigenvalue weighted by molar-refractivity contribution is -0.122. The number of ether oxygens (including phenoxy) is 1. The summed E-state index contributed by atoms with van der Waals surface area (Å²) >= 11 is 18.5. The molecule has 0 saturated heterocycles. The number of carbonyl (C=O) groups is 1. The Morgan fingerprint density at radius 2 is 1.56 bits per heavy atom. The molecular formula is C24H23Cl3N2O4S. The van der Waals surface area contributed by atoms with Gasteiger partial charge in [-0.05, 0) is 61.0 Å². The number of halogens is 3. The van der Waals surface area contributed by atoms with Gasteiger partial charge in [-0.2, -0.15) is 4.31 Å². The zero-order valence-electron chi connectivity index (χ0n) is 18.5. The summed E-state index contributed by atoms with van der Waals surface area (Å²) in [5.41, 5.74) is 1.25. The van der Waals surface area contributed by atoms with Crippen LogP contribution < -0.4 is 10.1 Å². The van der Waals surface area contributed by atoms with E-state index in [9.17, 15) is 13.2 Å². The molecule has 0 fully saturated rings. The highest BCUT2D eigenvalue weighted by molar-refractivity contribution is 7.89. The lowest BCUT2D eigenvalue weighted by Gasteiger charge is -2.24. The molecule has 0 aliphatic heterocycles. The van der Waals surface area contributed by atoms with E-state index in [2.05, 4.69) is 5.32 Å². The zero-order chi connectivity index (χ0) is 24.9. The molecule has 1 N–H and O–H groups in total. The third kappa shape index (κ3) is 6.43. The summed E-state index contributed by atoms with van der Waals surface area (Å²) in [7, 11) is -2.50. The first-order valence-corrected chi connectivity index (χ1v) is 12.8. The van der Waals surface area contributed by atoms with Crippen LogP contribution in [0.5, 0.6) is 5.75 Å². The van der Waals surface area contributed by atoms with Crippen molar-refractivity contribution in [3.05, 3.63) is 92.9 Å². The number of sulfonamides is 1. The third-order valence-corrected chi connectivity index (χ3v) is 7.93. The van der Waals surface area contributed by atoms with Crippen molar-refractivity contribution in [2.45, 2.75) is 24.4 Å². The largest absolute Gasteiger partial charge is 0.497 e. The normalized spacial score (nSPS) is 12.4. The predicted octanol–water partition coefficient (Wildman–Crippen LogP) is 5.72. The van der Waals surface area contributed by atoms with E-state index in [0.29, 0.717) is 26.4 Å². The van der Waals surface area contributed by atoms with Crippen LogP contribution in [0, 0.1) is 0 Å². The van der Waals surface area contributed by atoms with Gasteiger partial charge in [0, 0.05) is 27.2 Å². The van der Waals surface area contributed by atoms with Gasteiger partial charge in [0.05, 0.1) is 24.6 Å². The van der Waals surface area contributed by atoms with Crippen LogP contribution in [0.4, 0.5) is 0 Å². The molecule has 6 nitrogen and oxygen atoms in total. The van der Waals surface area contributed by atoms with E-state index in [1.807, 2.05) is 19.1 Å². The number of nitrogens with one attached hydrogen (secondary N) is 1. The van der Waals surface area contributed by atoms with Crippen LogP contribution >= 0.6 is 34.8 Å². The first kappa shape index (κ1) is 26.3. The van der Waals surface area contributed by atoms with Crippen LogP contribution in [0.15, 0.2) is 71.6 Å². The number of nitrogens with zero attached hydrogens (tertiary/aromatic N) is 1. The van der Waals surface area contributed by atoms with E-state index >= 15 is 0 Å². The average molecular weight is 542 g/mol. The second kappa shape index (κ2) is 11.4. The summed E-state index contributed by atoms with van der Waals surface area (Å²) in [5.74, 6) is 0.211. The van der Waals surface area contributed by atoms with Gasteiger partial charge < -0.3 is 10.1 Å². The summed E-state index contributed by atoms with van der Waals surface area (Å²) in [6, 6.07) is 17.5. The molecule has 3 rings (SSSR count). The molecule has 1 amide bonds. The van der Waals surface area contributed by atoms with Gasteiger partial charge in [0.15, 0.2) is 0 Å². The van der Waals surface area contributed by atoms with Crippen molar-refractivity contribution < 1.29 is 17.9 Å². The highest BCUT2D eigenvalue weighted by Crippen LogP contribution is 2.28. The SMILES string of the molecule is COc1ccc(C(C)NC(=O)CN(Cc2c(Cl)cccc2Cl)S(=O)(=O)c2ccc(Cl)cc2)cc1. The highest BCUT2D eigenvalue weighted by atomic mass is 35.5. The highest BCUT2D eigenvalue weighted by Gasteiger charge is 2.29. The average Bonchev–Trinajstić information content (AvgIpc) is 2.81. The summed E-state index contributed by atoms with van der Waals surface area (Å²) in [5, 5.41) is 3.84. The second-order valence-corrected chi connectivity index (χ2v) is 10.7. The molecule has 0 bridgehead atoms. The monoisotopic (exact) mass is 540 g/mol. The fourth-order valence-corrected chi connectivity index (χ4v) is 5.27. The summed E-state index contributed by atoms with van der Waals surface area (Å²) in [6.07, 6.45) is 0. The van der Waals surface area contributed by atoms with Crippen LogP contribution in [0.2, 0.25) is 15.1 Å². The standard InChI is InChI=1S/C24H23Cl3N2O4S/c1-16(17-6-10-19(33-2)11-7-17)28-24(30)15-29(14-21-22(26)4-3-5-23(21)27)34(31,32)20-12-8-18(25)9-13-20/h3-13,16H,14-15H2,1-2H3,(H,28,30). The van der Waals surface area contributed by atoms with Gasteiger partial charge in [-0.3, -0.25) is 4.79 Å². The van der Waals surface area contributed by atoms with Gasteiger partial charge in [0.25, 0.3) is 0 Å². The van der Waals surface area contributed by atoms with Crippen LogP contribution in [-0.2, 0) is 21.4 Å². The molecule has 10 heteroatoms. The van der Waals surface area contributed by atoms with Gasteiger partial charge in [0.2, 0.25) is 15.9 Å². The number of hydrogen-bond acceptors (Lipinski definition) is 4. The molecule has 1 atom stereocenters. The van der Waals surface area contributed by atoms with Crippen molar-refractivity contribution in [1.82, 2.24) is 9.62 Å². The Balaban J connectivity index is 1.86. The second-order valence-electron chi connectivity index (χ2n) is 7.49. The molecule has 0 spiro atoms. The Kier molecular flexibility index (Phi) is 8.84. The lowest BCUT2D eigenvalue weighted by atomic mass is 10.1. The molecule has 0 aromatic heterocycles. The number of benzene rings is 3. The lowest BCUT2D eigenvalue weighted by Crippen LogP contribution is -2.41. The third-order valence-electron chi connectivity index (χ3n) is 5.16. The van der Waals surface area contributed by atoms with E-state index in [-0.39, 0.29) is 17.5 Å². The van der Waals surface area contributed by atoms with E-state index in [1.54, 1.807) is 37.4 Å². The van der Waals surface area contributed by atoms with Crippen LogP contribution in [0.3, 0.4) is 0 Å². The van der Waals surface area contributed by atoms with Crippen molar-refractivity contribution in [3.8, 4) is 5.75 Å². The van der Waals surface area contributed by atoms with Gasteiger partial charge in [-0.25, -0.2) is 8.42 Å². The van der Waals surface area contributed by atoms with Gasteiger partial charge >= 0.3 is 0 Å². The van der Waals surface area contributed by atoms with Crippen molar-refractivity contribution >= 4 is 50.7 Å². The maximum absolute atomic E-state index is 13.4. The predicted molar refractivity (Wildman–Crippen MR) is 135 cm³/mol. The molecule has 34 heavy (non-hydrogen) atoms. The summed E-state index contributed by atoms with van der Waals surface area (Å²) in [4.78, 5) is 12.9. The van der Waals surface area contributed by atoms with Gasteiger partial charge in [-0.15, -0.1) is 0 Å². The Bertz CT molecular complexity index is 1230. The minimum atomic E-state index is -4.07. The number of methoxy groups -OCH3 is 1. The molecule has 0 aliphatic rings. The van der Waals surface area contributed by atoms with Crippen molar-refractivity contribution in [2.75, 3.05) is 13.7 Å². The number of rotatable bonds is 9. The fourth-order valence-electron chi connectivity index (χ4n) is 3.26. The molecular weight excluding hydrogens is 519 g/mol. The maximum Gasteiger partial charge on any atom is 0.243 e. The topological polar surface area (TPSA) is 75.7 Å². The summed E-state index contributed by atoms with van der Waals surface area (Å²) < 4.78 is 33.1. The Hall–Kier alpha value is -2.29. The van der Waals surface area contributed by atoms with E-state index in [0.717, 1.165) is 9.87 Å². The molecule has 0 aliphatic carbocycles. The molecule has 0 heterocycles. The summed E-state index contributed by atoms with van der Waals surface area (Å²) in [6.45, 7) is 1.18. The number of carbonyl (C=O) groups excluding carboxylic acids is 1. The van der Waals surface area contributed by atoms with E-state index < -0.39 is 22.5 Å². The Labute approximate surface area is 214 Å². The number of amides is 1. The van der Waals surface area contributed by atoms with Crippen molar-refractivity contribution in [3.63, 3.8) is 0 Å². The van der Waals surface area contributed by atoms with Crippen molar-refractivity contribution in [1.29, 1.82) is 0 Å². The molecule has 0 saturated carbocycles. The molecule has 3 aromatic rings. The van der Waals surface area contributed by atoms with Gasteiger partial charge in [0.1, 0.15) is 5.75 Å². The Morgan fingerprint density at radius 1 is 0.971 bits per heavy atom. The van der Waals surface area contributed by atoms with Crippen molar-refractivity contribution in [2.24, 2.45) is 0 Å². The van der Waals surface area contributed by atoms with E-state index in [4.69, 9.17) is 39.5 Å². The van der Waals surface area contributed by atoms with Crippen LogP contribution in [-0.4, -0.2) is 32.3 Å². The van der Waals surface area contributed by atoms with Crippen LogP contribution in [0.1, 0.15) is 24.1 Å². The first-order valence-electron chi connectivity index (χ1n) is 10.2. The maximum atomic E-state index is 13.4. The zero-order valence-corrected chi connectivity index (χ0v) is 21.5. The minimum absolute atomic E-state index is 0.00363. The molecule has 1 unspecified atom stereocenters. The quantitative estimate of drug-likeness (QED) is 0.376. The fraction of sp³-hybridized carbons (Fsp3) is 0.208. The minimum Gasteiger partial charge on any atom is -0.497 e. The first-order chi connectivity index (χ1) is 16.1. The molecule has 180 valence electrons. The number of hydrogen-bond donors (Lipinski definition) is 1. The molecule has 3 aromatic carbocycles. The molecule has 0 radical (unpaired) electrons.